The third-order valence-electron chi connectivity index (χ3n) is 3.75. The summed E-state index contributed by atoms with van der Waals surface area (Å²) in [7, 11) is 3.81. The molecule has 0 amide bonds. The Morgan fingerprint density at radius 2 is 2.21 bits per heavy atom. The molecule has 5 nitrogen and oxygen atoms in total. The molecule has 1 saturated heterocycles. The van der Waals surface area contributed by atoms with Gasteiger partial charge in [-0.25, -0.2) is 0 Å². The number of aryl methyl sites for hydroxylation is 1. The molecule has 1 aliphatic heterocycles. The third kappa shape index (κ3) is 3.98. The second-order valence-corrected chi connectivity index (χ2v) is 5.42. The first-order chi connectivity index (χ1) is 9.19. The van der Waals surface area contributed by atoms with Crippen molar-refractivity contribution in [1.82, 2.24) is 20.0 Å². The van der Waals surface area contributed by atoms with Crippen LogP contribution in [0.1, 0.15) is 25.3 Å². The van der Waals surface area contributed by atoms with Gasteiger partial charge < -0.3 is 10.2 Å². The van der Waals surface area contributed by atoms with Crippen LogP contribution in [0.15, 0.2) is 17.4 Å². The number of guanidine groups is 1. The summed E-state index contributed by atoms with van der Waals surface area (Å²) in [6.45, 7) is 5.47. The van der Waals surface area contributed by atoms with Crippen LogP contribution in [-0.2, 0) is 13.5 Å². The molecule has 0 spiro atoms. The topological polar surface area (TPSA) is 45.5 Å². The first kappa shape index (κ1) is 13.9. The van der Waals surface area contributed by atoms with Crippen molar-refractivity contribution in [3.05, 3.63) is 18.0 Å². The van der Waals surface area contributed by atoms with Gasteiger partial charge in [0.15, 0.2) is 5.96 Å². The van der Waals surface area contributed by atoms with Gasteiger partial charge in [-0.05, 0) is 30.7 Å². The van der Waals surface area contributed by atoms with Crippen molar-refractivity contribution in [3.8, 4) is 0 Å². The summed E-state index contributed by atoms with van der Waals surface area (Å²) in [5, 5.41) is 7.63. The standard InChI is InChI=1S/C14H25N5/c1-12-5-8-19(9-6-12)14(15-2)16-7-4-13-10-17-18(3)11-13/h10-12H,4-9H2,1-3H3,(H,15,16). The van der Waals surface area contributed by atoms with Crippen molar-refractivity contribution in [1.29, 1.82) is 0 Å². The average Bonchev–Trinajstić information content (AvgIpc) is 2.82. The molecule has 1 N–H and O–H groups in total. The fraction of sp³-hybridized carbons (Fsp3) is 0.714. The summed E-state index contributed by atoms with van der Waals surface area (Å²) in [6, 6.07) is 0. The predicted octanol–water partition coefficient (Wildman–Crippen LogP) is 1.27. The van der Waals surface area contributed by atoms with Crippen LogP contribution >= 0.6 is 0 Å². The number of hydrogen-bond acceptors (Lipinski definition) is 2. The first-order valence-electron chi connectivity index (χ1n) is 7.12. The second kappa shape index (κ2) is 6.59. The van der Waals surface area contributed by atoms with Crippen LogP contribution in [0.3, 0.4) is 0 Å². The highest BCUT2D eigenvalue weighted by Gasteiger charge is 2.18. The molecule has 0 bridgehead atoms. The Morgan fingerprint density at radius 3 is 2.79 bits per heavy atom. The molecule has 0 unspecified atom stereocenters. The van der Waals surface area contributed by atoms with E-state index in [1.54, 1.807) is 0 Å². The predicted molar refractivity (Wildman–Crippen MR) is 78.2 cm³/mol. The summed E-state index contributed by atoms with van der Waals surface area (Å²) >= 11 is 0. The number of aliphatic imine (C=N–C) groups is 1. The van der Waals surface area contributed by atoms with E-state index in [0.29, 0.717) is 0 Å². The zero-order valence-electron chi connectivity index (χ0n) is 12.3. The largest absolute Gasteiger partial charge is 0.356 e. The van der Waals surface area contributed by atoms with Crippen molar-refractivity contribution >= 4 is 5.96 Å². The van der Waals surface area contributed by atoms with Crippen molar-refractivity contribution in [3.63, 3.8) is 0 Å². The number of rotatable bonds is 3. The number of nitrogens with one attached hydrogen (secondary N) is 1. The number of likely N-dealkylation sites (tertiary alicyclic amines) is 1. The van der Waals surface area contributed by atoms with E-state index < -0.39 is 0 Å². The normalized spacial score (nSPS) is 17.8. The van der Waals surface area contributed by atoms with E-state index in [2.05, 4.69) is 33.4 Å². The van der Waals surface area contributed by atoms with Gasteiger partial charge in [-0.3, -0.25) is 9.67 Å². The highest BCUT2D eigenvalue weighted by Crippen LogP contribution is 2.15. The number of piperidine rings is 1. The van der Waals surface area contributed by atoms with Gasteiger partial charge in [-0.1, -0.05) is 6.92 Å². The summed E-state index contributed by atoms with van der Waals surface area (Å²) in [6.07, 6.45) is 7.50. The molecule has 19 heavy (non-hydrogen) atoms. The molecule has 1 fully saturated rings. The fourth-order valence-corrected chi connectivity index (χ4v) is 2.47. The smallest absolute Gasteiger partial charge is 0.193 e. The molecular formula is C14H25N5. The molecule has 0 atom stereocenters. The maximum absolute atomic E-state index is 4.38. The van der Waals surface area contributed by atoms with E-state index in [1.807, 2.05) is 25.0 Å². The van der Waals surface area contributed by atoms with Gasteiger partial charge in [0.05, 0.1) is 6.20 Å². The van der Waals surface area contributed by atoms with Gasteiger partial charge in [-0.2, -0.15) is 5.10 Å². The third-order valence-corrected chi connectivity index (χ3v) is 3.75. The Hall–Kier alpha value is -1.52. The lowest BCUT2D eigenvalue weighted by atomic mass is 10.00. The van der Waals surface area contributed by atoms with Crippen molar-refractivity contribution < 1.29 is 0 Å². The fourth-order valence-electron chi connectivity index (χ4n) is 2.47. The summed E-state index contributed by atoms with van der Waals surface area (Å²) in [5.41, 5.74) is 1.26. The lowest BCUT2D eigenvalue weighted by Gasteiger charge is -2.32. The van der Waals surface area contributed by atoms with Gasteiger partial charge in [0.25, 0.3) is 0 Å². The molecule has 0 saturated carbocycles. The molecule has 0 aromatic carbocycles. The van der Waals surface area contributed by atoms with E-state index in [1.165, 1.54) is 18.4 Å². The highest BCUT2D eigenvalue weighted by molar-refractivity contribution is 5.79. The average molecular weight is 263 g/mol. The molecule has 1 aromatic rings. The van der Waals surface area contributed by atoms with Gasteiger partial charge in [0.1, 0.15) is 0 Å². The molecule has 1 aliphatic rings. The van der Waals surface area contributed by atoms with E-state index in [4.69, 9.17) is 0 Å². The summed E-state index contributed by atoms with van der Waals surface area (Å²) in [5.74, 6) is 1.89. The van der Waals surface area contributed by atoms with E-state index in [0.717, 1.165) is 37.9 Å². The monoisotopic (exact) mass is 263 g/mol. The molecule has 1 aromatic heterocycles. The summed E-state index contributed by atoms with van der Waals surface area (Å²) < 4.78 is 1.84. The molecule has 2 heterocycles. The van der Waals surface area contributed by atoms with Crippen molar-refractivity contribution in [2.24, 2.45) is 18.0 Å². The van der Waals surface area contributed by atoms with Gasteiger partial charge in [0.2, 0.25) is 0 Å². The van der Waals surface area contributed by atoms with Gasteiger partial charge in [0, 0.05) is 39.9 Å². The zero-order chi connectivity index (χ0) is 13.7. The van der Waals surface area contributed by atoms with Crippen LogP contribution < -0.4 is 5.32 Å². The van der Waals surface area contributed by atoms with Gasteiger partial charge >= 0.3 is 0 Å². The Balaban J connectivity index is 1.77. The first-order valence-corrected chi connectivity index (χ1v) is 7.12. The Bertz CT molecular complexity index is 415. The SMILES string of the molecule is CN=C(NCCc1cnn(C)c1)N1CCC(C)CC1. The van der Waals surface area contributed by atoms with Crippen LogP contribution in [0, 0.1) is 5.92 Å². The Kier molecular flexibility index (Phi) is 4.82. The molecule has 0 radical (unpaired) electrons. The maximum atomic E-state index is 4.38. The lowest BCUT2D eigenvalue weighted by Crippen LogP contribution is -2.45. The number of hydrogen-bond donors (Lipinski definition) is 1. The molecule has 106 valence electrons. The minimum atomic E-state index is 0.852. The minimum Gasteiger partial charge on any atom is -0.356 e. The quantitative estimate of drug-likeness (QED) is 0.660. The lowest BCUT2D eigenvalue weighted by molar-refractivity contribution is 0.273. The molecule has 0 aliphatic carbocycles. The zero-order valence-corrected chi connectivity index (χ0v) is 12.3. The van der Waals surface area contributed by atoms with Gasteiger partial charge in [-0.15, -0.1) is 0 Å². The van der Waals surface area contributed by atoms with Crippen molar-refractivity contribution in [2.75, 3.05) is 26.7 Å². The van der Waals surface area contributed by atoms with E-state index in [9.17, 15) is 0 Å². The number of aromatic nitrogens is 2. The van der Waals surface area contributed by atoms with Crippen LogP contribution in [0.25, 0.3) is 0 Å². The van der Waals surface area contributed by atoms with Crippen LogP contribution in [0.5, 0.6) is 0 Å². The molecule has 2 rings (SSSR count). The maximum Gasteiger partial charge on any atom is 0.193 e. The van der Waals surface area contributed by atoms with Crippen LogP contribution in [0.4, 0.5) is 0 Å². The van der Waals surface area contributed by atoms with Crippen LogP contribution in [0.2, 0.25) is 0 Å². The summed E-state index contributed by atoms with van der Waals surface area (Å²) in [4.78, 5) is 6.75. The Labute approximate surface area is 115 Å². The van der Waals surface area contributed by atoms with Crippen molar-refractivity contribution in [2.45, 2.75) is 26.2 Å². The van der Waals surface area contributed by atoms with E-state index in [-0.39, 0.29) is 0 Å². The highest BCUT2D eigenvalue weighted by atomic mass is 15.3. The minimum absolute atomic E-state index is 0.852. The molecule has 5 heteroatoms. The van der Waals surface area contributed by atoms with Crippen LogP contribution in [-0.4, -0.2) is 47.3 Å². The van der Waals surface area contributed by atoms with E-state index >= 15 is 0 Å². The molecular weight excluding hydrogens is 238 g/mol. The number of nitrogens with zero attached hydrogens (tertiary/aromatic N) is 4. The Morgan fingerprint density at radius 1 is 1.47 bits per heavy atom. The second-order valence-electron chi connectivity index (χ2n) is 5.42.